The van der Waals surface area contributed by atoms with Gasteiger partial charge in [0.15, 0.2) is 0 Å². The van der Waals surface area contributed by atoms with E-state index < -0.39 is 0 Å². The minimum Gasteiger partial charge on any atom is -0.506 e. The Morgan fingerprint density at radius 3 is 2.35 bits per heavy atom. The standard InChI is InChI=1S/C28H34N2O/c1-28(2,3)30-16-14-22(15-17-30)23-10-7-11-24(19-23)26(18-21-8-5-4-6-9-21)27-13-12-25(31)20-29-27/h4-13,19-20,22,26,31H,14-18H2,1-3H3. The van der Waals surface area contributed by atoms with Gasteiger partial charge in [-0.15, -0.1) is 0 Å². The molecule has 2 aromatic carbocycles. The van der Waals surface area contributed by atoms with Crippen molar-refractivity contribution in [3.8, 4) is 5.75 Å². The highest BCUT2D eigenvalue weighted by molar-refractivity contribution is 5.37. The van der Waals surface area contributed by atoms with Gasteiger partial charge in [0.25, 0.3) is 0 Å². The maximum Gasteiger partial charge on any atom is 0.133 e. The first kappa shape index (κ1) is 21.6. The molecule has 0 radical (unpaired) electrons. The first-order valence-electron chi connectivity index (χ1n) is 11.4. The molecule has 1 aliphatic heterocycles. The summed E-state index contributed by atoms with van der Waals surface area (Å²) in [6.45, 7) is 9.25. The van der Waals surface area contributed by atoms with Crippen LogP contribution < -0.4 is 0 Å². The van der Waals surface area contributed by atoms with Crippen molar-refractivity contribution >= 4 is 0 Å². The SMILES string of the molecule is CC(C)(C)N1CCC(c2cccc(C(Cc3ccccc3)c3ccc(O)cn3)c2)CC1. The summed E-state index contributed by atoms with van der Waals surface area (Å²) in [6.07, 6.45) is 4.87. The number of benzene rings is 2. The molecule has 1 fully saturated rings. The van der Waals surface area contributed by atoms with Crippen LogP contribution in [0.2, 0.25) is 0 Å². The van der Waals surface area contributed by atoms with Crippen LogP contribution in [0.5, 0.6) is 5.75 Å². The third-order valence-electron chi connectivity index (χ3n) is 6.64. The van der Waals surface area contributed by atoms with E-state index in [2.05, 4.69) is 85.3 Å². The summed E-state index contributed by atoms with van der Waals surface area (Å²) in [7, 11) is 0. The highest BCUT2D eigenvalue weighted by atomic mass is 16.3. The number of pyridine rings is 1. The van der Waals surface area contributed by atoms with Crippen molar-refractivity contribution in [2.24, 2.45) is 0 Å². The highest BCUT2D eigenvalue weighted by Crippen LogP contribution is 2.34. The van der Waals surface area contributed by atoms with E-state index in [1.54, 1.807) is 12.3 Å². The normalized spacial score (nSPS) is 16.9. The van der Waals surface area contributed by atoms with Gasteiger partial charge in [0.05, 0.1) is 6.20 Å². The fourth-order valence-electron chi connectivity index (χ4n) is 4.76. The first-order valence-corrected chi connectivity index (χ1v) is 11.4. The van der Waals surface area contributed by atoms with Crippen molar-refractivity contribution in [3.63, 3.8) is 0 Å². The van der Waals surface area contributed by atoms with Crippen molar-refractivity contribution in [3.05, 3.63) is 95.3 Å². The number of piperidine rings is 1. The summed E-state index contributed by atoms with van der Waals surface area (Å²) < 4.78 is 0. The fourth-order valence-corrected chi connectivity index (χ4v) is 4.76. The van der Waals surface area contributed by atoms with Gasteiger partial charge in [0.2, 0.25) is 0 Å². The van der Waals surface area contributed by atoms with Crippen LogP contribution in [-0.2, 0) is 6.42 Å². The number of aromatic hydroxyl groups is 1. The van der Waals surface area contributed by atoms with Gasteiger partial charge < -0.3 is 5.11 Å². The second-order valence-corrected chi connectivity index (χ2v) is 9.79. The average molecular weight is 415 g/mol. The number of aromatic nitrogens is 1. The lowest BCUT2D eigenvalue weighted by Crippen LogP contribution is -2.45. The van der Waals surface area contributed by atoms with Gasteiger partial charge in [0.1, 0.15) is 5.75 Å². The van der Waals surface area contributed by atoms with E-state index in [1.807, 2.05) is 6.07 Å². The third-order valence-corrected chi connectivity index (χ3v) is 6.64. The van der Waals surface area contributed by atoms with Gasteiger partial charge in [-0.1, -0.05) is 54.6 Å². The molecule has 0 amide bonds. The molecule has 1 unspecified atom stereocenters. The molecule has 3 heteroatoms. The van der Waals surface area contributed by atoms with E-state index in [0.717, 1.165) is 25.2 Å². The van der Waals surface area contributed by atoms with Gasteiger partial charge in [-0.25, -0.2) is 0 Å². The predicted octanol–water partition coefficient (Wildman–Crippen LogP) is 6.14. The molecule has 1 N–H and O–H groups in total. The predicted molar refractivity (Wildman–Crippen MR) is 128 cm³/mol. The van der Waals surface area contributed by atoms with E-state index in [4.69, 9.17) is 0 Å². The van der Waals surface area contributed by atoms with Gasteiger partial charge >= 0.3 is 0 Å². The van der Waals surface area contributed by atoms with Crippen molar-refractivity contribution in [2.45, 2.75) is 57.4 Å². The molecule has 31 heavy (non-hydrogen) atoms. The van der Waals surface area contributed by atoms with Gasteiger partial charge in [-0.05, 0) is 87.9 Å². The lowest BCUT2D eigenvalue weighted by Gasteiger charge is -2.41. The van der Waals surface area contributed by atoms with E-state index in [9.17, 15) is 5.11 Å². The molecule has 0 spiro atoms. The number of likely N-dealkylation sites (tertiary alicyclic amines) is 1. The Bertz CT molecular complexity index is 968. The second-order valence-electron chi connectivity index (χ2n) is 9.79. The van der Waals surface area contributed by atoms with Crippen LogP contribution in [0.4, 0.5) is 0 Å². The number of hydrogen-bond donors (Lipinski definition) is 1. The Kier molecular flexibility index (Phi) is 6.43. The Morgan fingerprint density at radius 1 is 0.968 bits per heavy atom. The highest BCUT2D eigenvalue weighted by Gasteiger charge is 2.28. The maximum absolute atomic E-state index is 9.73. The zero-order valence-corrected chi connectivity index (χ0v) is 19.0. The van der Waals surface area contributed by atoms with E-state index in [-0.39, 0.29) is 17.2 Å². The summed E-state index contributed by atoms with van der Waals surface area (Å²) in [6, 6.07) is 23.4. The monoisotopic (exact) mass is 414 g/mol. The number of nitrogens with zero attached hydrogens (tertiary/aromatic N) is 2. The molecule has 0 bridgehead atoms. The molecule has 1 saturated heterocycles. The van der Waals surface area contributed by atoms with Gasteiger partial charge in [0, 0.05) is 17.2 Å². The molecule has 0 saturated carbocycles. The zero-order chi connectivity index (χ0) is 21.8. The van der Waals surface area contributed by atoms with Crippen LogP contribution >= 0.6 is 0 Å². The van der Waals surface area contributed by atoms with Crippen LogP contribution in [0, 0.1) is 0 Å². The molecule has 0 aliphatic carbocycles. The Hall–Kier alpha value is -2.65. The molecular formula is C28H34N2O. The second kappa shape index (κ2) is 9.23. The minimum absolute atomic E-state index is 0.164. The maximum atomic E-state index is 9.73. The van der Waals surface area contributed by atoms with Gasteiger partial charge in [-0.2, -0.15) is 0 Å². The van der Waals surface area contributed by atoms with Crippen LogP contribution in [0.15, 0.2) is 72.9 Å². The smallest absolute Gasteiger partial charge is 0.133 e. The molecule has 2 heterocycles. The van der Waals surface area contributed by atoms with Crippen LogP contribution in [0.1, 0.15) is 67.8 Å². The lowest BCUT2D eigenvalue weighted by atomic mass is 9.83. The summed E-state index contributed by atoms with van der Waals surface area (Å²) >= 11 is 0. The van der Waals surface area contributed by atoms with Crippen molar-refractivity contribution in [1.82, 2.24) is 9.88 Å². The molecule has 162 valence electrons. The van der Waals surface area contributed by atoms with Crippen LogP contribution in [-0.4, -0.2) is 33.6 Å². The summed E-state index contributed by atoms with van der Waals surface area (Å²) in [5, 5.41) is 9.73. The van der Waals surface area contributed by atoms with E-state index in [1.165, 1.54) is 29.5 Å². The summed E-state index contributed by atoms with van der Waals surface area (Å²) in [5.41, 5.74) is 5.30. The van der Waals surface area contributed by atoms with Crippen molar-refractivity contribution in [2.75, 3.05) is 13.1 Å². The average Bonchev–Trinajstić information content (AvgIpc) is 2.78. The topological polar surface area (TPSA) is 36.4 Å². The van der Waals surface area contributed by atoms with Crippen molar-refractivity contribution in [1.29, 1.82) is 0 Å². The third kappa shape index (κ3) is 5.34. The summed E-state index contributed by atoms with van der Waals surface area (Å²) in [5.74, 6) is 0.989. The lowest BCUT2D eigenvalue weighted by molar-refractivity contribution is 0.102. The van der Waals surface area contributed by atoms with E-state index >= 15 is 0 Å². The molecule has 1 aliphatic rings. The van der Waals surface area contributed by atoms with Crippen LogP contribution in [0.25, 0.3) is 0 Å². The van der Waals surface area contributed by atoms with Gasteiger partial charge in [-0.3, -0.25) is 9.88 Å². The Labute approximate surface area is 186 Å². The van der Waals surface area contributed by atoms with Crippen LogP contribution in [0.3, 0.4) is 0 Å². The number of rotatable bonds is 5. The molecule has 3 nitrogen and oxygen atoms in total. The quantitative estimate of drug-likeness (QED) is 0.545. The number of hydrogen-bond acceptors (Lipinski definition) is 3. The minimum atomic E-state index is 0.164. The molecule has 1 atom stereocenters. The molecule has 3 aromatic rings. The largest absolute Gasteiger partial charge is 0.506 e. The first-order chi connectivity index (χ1) is 14.9. The molecular weight excluding hydrogens is 380 g/mol. The van der Waals surface area contributed by atoms with E-state index in [0.29, 0.717) is 5.92 Å². The zero-order valence-electron chi connectivity index (χ0n) is 19.0. The van der Waals surface area contributed by atoms with Crippen molar-refractivity contribution < 1.29 is 5.11 Å². The fraction of sp³-hybridized carbons (Fsp3) is 0.393. The molecule has 1 aromatic heterocycles. The Morgan fingerprint density at radius 2 is 1.71 bits per heavy atom. The summed E-state index contributed by atoms with van der Waals surface area (Å²) in [4.78, 5) is 7.18. The molecule has 4 rings (SSSR count). The Balaban J connectivity index is 1.59.